The third kappa shape index (κ3) is 3.24. The predicted molar refractivity (Wildman–Crippen MR) is 62.9 cm³/mol. The molecule has 0 radical (unpaired) electrons. The molecule has 6 heteroatoms. The minimum Gasteiger partial charge on any atom is -0.307 e. The van der Waals surface area contributed by atoms with E-state index >= 15 is 0 Å². The average molecular weight is 227 g/mol. The highest BCUT2D eigenvalue weighted by atomic mass is 32.1. The third-order valence-corrected chi connectivity index (χ3v) is 2.66. The minimum atomic E-state index is 0.704. The number of hydrogen-bond acceptors (Lipinski definition) is 5. The first-order valence-corrected chi connectivity index (χ1v) is 5.93. The molecule has 0 spiro atoms. The molecule has 1 aromatic heterocycles. The lowest BCUT2D eigenvalue weighted by atomic mass is 10.2. The third-order valence-electron chi connectivity index (χ3n) is 1.89. The normalized spacial score (nSPS) is 11.8. The van der Waals surface area contributed by atoms with Gasteiger partial charge in [0, 0.05) is 6.54 Å². The molecule has 3 N–H and O–H groups in total. The first kappa shape index (κ1) is 12.1. The molecule has 15 heavy (non-hydrogen) atoms. The van der Waals surface area contributed by atoms with Crippen LogP contribution in [-0.4, -0.2) is 22.0 Å². The van der Waals surface area contributed by atoms with Crippen molar-refractivity contribution in [2.45, 2.75) is 33.1 Å². The number of aliphatic imine (C=N–C) groups is 1. The number of nitrogens with zero attached hydrogens (tertiary/aromatic N) is 3. The SMILES string of the molecule is CCCN=C(NN)c1snnc1CCC. The van der Waals surface area contributed by atoms with Crippen LogP contribution >= 0.6 is 11.5 Å². The number of hydrazine groups is 1. The van der Waals surface area contributed by atoms with Gasteiger partial charge >= 0.3 is 0 Å². The van der Waals surface area contributed by atoms with Crippen LogP contribution in [0.2, 0.25) is 0 Å². The highest BCUT2D eigenvalue weighted by Crippen LogP contribution is 2.12. The van der Waals surface area contributed by atoms with E-state index in [1.807, 2.05) is 0 Å². The second-order valence-corrected chi connectivity index (χ2v) is 3.93. The van der Waals surface area contributed by atoms with Gasteiger partial charge in [-0.1, -0.05) is 24.8 Å². The van der Waals surface area contributed by atoms with Gasteiger partial charge in [0.25, 0.3) is 0 Å². The van der Waals surface area contributed by atoms with Crippen molar-refractivity contribution in [1.29, 1.82) is 0 Å². The Bertz CT molecular complexity index is 320. The molecule has 0 fully saturated rings. The Balaban J connectivity index is 2.85. The summed E-state index contributed by atoms with van der Waals surface area (Å²) in [7, 11) is 0. The molecule has 0 aliphatic heterocycles. The van der Waals surface area contributed by atoms with Crippen LogP contribution in [0.3, 0.4) is 0 Å². The molecule has 1 heterocycles. The van der Waals surface area contributed by atoms with E-state index in [0.717, 1.165) is 36.4 Å². The highest BCUT2D eigenvalue weighted by molar-refractivity contribution is 7.08. The molecule has 0 aliphatic carbocycles. The summed E-state index contributed by atoms with van der Waals surface area (Å²) in [6, 6.07) is 0. The van der Waals surface area contributed by atoms with Crippen LogP contribution in [0, 0.1) is 0 Å². The second-order valence-electron chi connectivity index (χ2n) is 3.17. The van der Waals surface area contributed by atoms with Gasteiger partial charge in [0.2, 0.25) is 0 Å². The molecule has 0 unspecified atom stereocenters. The van der Waals surface area contributed by atoms with Crippen LogP contribution < -0.4 is 11.3 Å². The van der Waals surface area contributed by atoms with Gasteiger partial charge in [-0.05, 0) is 24.4 Å². The van der Waals surface area contributed by atoms with Gasteiger partial charge in [0.1, 0.15) is 4.88 Å². The summed E-state index contributed by atoms with van der Waals surface area (Å²) in [5.41, 5.74) is 3.60. The average Bonchev–Trinajstić information content (AvgIpc) is 2.68. The van der Waals surface area contributed by atoms with Crippen molar-refractivity contribution < 1.29 is 0 Å². The summed E-state index contributed by atoms with van der Waals surface area (Å²) in [5.74, 6) is 6.14. The number of hydrogen-bond donors (Lipinski definition) is 2. The Labute approximate surface area is 93.9 Å². The van der Waals surface area contributed by atoms with E-state index in [4.69, 9.17) is 5.84 Å². The quantitative estimate of drug-likeness (QED) is 0.342. The van der Waals surface area contributed by atoms with E-state index in [1.54, 1.807) is 0 Å². The van der Waals surface area contributed by atoms with Crippen LogP contribution in [0.4, 0.5) is 0 Å². The van der Waals surface area contributed by atoms with E-state index < -0.39 is 0 Å². The fourth-order valence-corrected chi connectivity index (χ4v) is 1.87. The first-order valence-electron chi connectivity index (χ1n) is 5.16. The maximum atomic E-state index is 5.44. The van der Waals surface area contributed by atoms with Crippen molar-refractivity contribution in [2.24, 2.45) is 10.8 Å². The molecule has 84 valence electrons. The zero-order chi connectivity index (χ0) is 11.1. The molecule has 0 atom stereocenters. The Hall–Kier alpha value is -1.01. The number of nitrogens with one attached hydrogen (secondary N) is 1. The number of nitrogens with two attached hydrogens (primary N) is 1. The second kappa shape index (κ2) is 6.47. The number of aromatic nitrogens is 2. The summed E-state index contributed by atoms with van der Waals surface area (Å²) < 4.78 is 3.93. The van der Waals surface area contributed by atoms with Gasteiger partial charge in [0.05, 0.1) is 5.69 Å². The largest absolute Gasteiger partial charge is 0.307 e. The van der Waals surface area contributed by atoms with E-state index in [9.17, 15) is 0 Å². The molecule has 0 bridgehead atoms. The van der Waals surface area contributed by atoms with Crippen molar-refractivity contribution in [3.8, 4) is 0 Å². The summed E-state index contributed by atoms with van der Waals surface area (Å²) in [5, 5.41) is 4.07. The number of amidine groups is 1. The number of aryl methyl sites for hydroxylation is 1. The summed E-state index contributed by atoms with van der Waals surface area (Å²) in [6.45, 7) is 4.96. The Morgan fingerprint density at radius 1 is 1.47 bits per heavy atom. The Morgan fingerprint density at radius 2 is 2.27 bits per heavy atom. The standard InChI is InChI=1S/C9H17N5S/c1-3-5-7-8(15-14-13-7)9(12-10)11-6-4-2/h3-6,10H2,1-2H3,(H,11,12). The van der Waals surface area contributed by atoms with Crippen LogP contribution in [0.1, 0.15) is 37.3 Å². The monoisotopic (exact) mass is 227 g/mol. The Morgan fingerprint density at radius 3 is 2.87 bits per heavy atom. The fourth-order valence-electron chi connectivity index (χ4n) is 1.20. The van der Waals surface area contributed by atoms with Gasteiger partial charge in [-0.25, -0.2) is 5.84 Å². The van der Waals surface area contributed by atoms with Gasteiger partial charge in [-0.15, -0.1) is 5.10 Å². The maximum Gasteiger partial charge on any atom is 0.156 e. The molecule has 5 nitrogen and oxygen atoms in total. The smallest absolute Gasteiger partial charge is 0.156 e. The maximum absolute atomic E-state index is 5.44. The predicted octanol–water partition coefficient (Wildman–Crippen LogP) is 1.11. The van der Waals surface area contributed by atoms with Crippen molar-refractivity contribution in [2.75, 3.05) is 6.54 Å². The van der Waals surface area contributed by atoms with Gasteiger partial charge in [-0.2, -0.15) is 0 Å². The zero-order valence-electron chi connectivity index (χ0n) is 9.16. The van der Waals surface area contributed by atoms with Crippen molar-refractivity contribution >= 4 is 17.4 Å². The molecular formula is C9H17N5S. The van der Waals surface area contributed by atoms with Gasteiger partial charge < -0.3 is 5.43 Å². The first-order chi connectivity index (χ1) is 7.33. The fraction of sp³-hybridized carbons (Fsp3) is 0.667. The molecule has 0 aliphatic rings. The molecule has 0 saturated heterocycles. The lowest BCUT2D eigenvalue weighted by molar-refractivity contribution is 0.861. The molecule has 0 saturated carbocycles. The summed E-state index contributed by atoms with van der Waals surface area (Å²) in [6.07, 6.45) is 2.96. The summed E-state index contributed by atoms with van der Waals surface area (Å²) >= 11 is 1.34. The van der Waals surface area contributed by atoms with Crippen LogP contribution in [-0.2, 0) is 6.42 Å². The Kier molecular flexibility index (Phi) is 5.20. The number of rotatable bonds is 5. The van der Waals surface area contributed by atoms with Crippen LogP contribution in [0.5, 0.6) is 0 Å². The molecule has 0 amide bonds. The van der Waals surface area contributed by atoms with E-state index in [-0.39, 0.29) is 0 Å². The summed E-state index contributed by atoms with van der Waals surface area (Å²) in [4.78, 5) is 5.32. The van der Waals surface area contributed by atoms with E-state index in [0.29, 0.717) is 5.84 Å². The van der Waals surface area contributed by atoms with Gasteiger partial charge in [-0.3, -0.25) is 4.99 Å². The van der Waals surface area contributed by atoms with E-state index in [1.165, 1.54) is 11.5 Å². The topological polar surface area (TPSA) is 76.2 Å². The van der Waals surface area contributed by atoms with E-state index in [2.05, 4.69) is 33.9 Å². The molecule has 1 rings (SSSR count). The van der Waals surface area contributed by atoms with Crippen LogP contribution in [0.15, 0.2) is 4.99 Å². The van der Waals surface area contributed by atoms with Crippen molar-refractivity contribution in [3.63, 3.8) is 0 Å². The highest BCUT2D eigenvalue weighted by Gasteiger charge is 2.12. The van der Waals surface area contributed by atoms with Gasteiger partial charge in [0.15, 0.2) is 5.84 Å². The lowest BCUT2D eigenvalue weighted by Gasteiger charge is -2.03. The molecular weight excluding hydrogens is 210 g/mol. The van der Waals surface area contributed by atoms with Crippen molar-refractivity contribution in [1.82, 2.24) is 15.0 Å². The van der Waals surface area contributed by atoms with Crippen molar-refractivity contribution in [3.05, 3.63) is 10.6 Å². The molecule has 1 aromatic rings. The lowest BCUT2D eigenvalue weighted by Crippen LogP contribution is -2.31. The minimum absolute atomic E-state index is 0.704. The zero-order valence-corrected chi connectivity index (χ0v) is 9.97. The van der Waals surface area contributed by atoms with Crippen LogP contribution in [0.25, 0.3) is 0 Å². The molecule has 0 aromatic carbocycles.